The van der Waals surface area contributed by atoms with E-state index in [-0.39, 0.29) is 5.69 Å². The average Bonchev–Trinajstić information content (AvgIpc) is 2.27. The monoisotopic (exact) mass is 273 g/mol. The molecular formula is C15H19NO2Si. The zero-order valence-corrected chi connectivity index (χ0v) is 12.7. The lowest BCUT2D eigenvalue weighted by molar-refractivity contribution is -0.384. The molecule has 0 aliphatic heterocycles. The van der Waals surface area contributed by atoms with Crippen molar-refractivity contribution >= 4 is 13.8 Å². The maximum atomic E-state index is 10.5. The second kappa shape index (κ2) is 6.35. The van der Waals surface area contributed by atoms with Crippen LogP contribution in [0.4, 0.5) is 5.69 Å². The van der Waals surface area contributed by atoms with Crippen LogP contribution in [0.15, 0.2) is 36.4 Å². The molecule has 3 nitrogen and oxygen atoms in total. The fourth-order valence-electron chi connectivity index (χ4n) is 1.52. The van der Waals surface area contributed by atoms with Gasteiger partial charge in [0.15, 0.2) is 0 Å². The van der Waals surface area contributed by atoms with E-state index >= 15 is 0 Å². The highest BCUT2D eigenvalue weighted by atomic mass is 28.3. The number of allylic oxidation sites excluding steroid dienone is 1. The van der Waals surface area contributed by atoms with Crippen LogP contribution in [-0.4, -0.2) is 13.0 Å². The van der Waals surface area contributed by atoms with Crippen molar-refractivity contribution in [3.05, 3.63) is 52.1 Å². The third-order valence-electron chi connectivity index (χ3n) is 2.40. The fraction of sp³-hybridized carbons (Fsp3) is 0.333. The summed E-state index contributed by atoms with van der Waals surface area (Å²) in [6.45, 7) is 10.6. The summed E-state index contributed by atoms with van der Waals surface area (Å²) in [5.74, 6) is 3.18. The molecule has 100 valence electrons. The lowest BCUT2D eigenvalue weighted by Gasteiger charge is -2.05. The molecule has 0 saturated carbocycles. The zero-order valence-electron chi connectivity index (χ0n) is 11.7. The Morgan fingerprint density at radius 2 is 1.89 bits per heavy atom. The molecule has 0 aliphatic rings. The van der Waals surface area contributed by atoms with Crippen LogP contribution in [0.1, 0.15) is 12.0 Å². The zero-order chi connectivity index (χ0) is 14.5. The van der Waals surface area contributed by atoms with E-state index in [0.29, 0.717) is 6.42 Å². The fourth-order valence-corrected chi connectivity index (χ4v) is 2.14. The second-order valence-electron chi connectivity index (χ2n) is 5.58. The topological polar surface area (TPSA) is 43.1 Å². The van der Waals surface area contributed by atoms with Gasteiger partial charge in [0.05, 0.1) is 4.92 Å². The van der Waals surface area contributed by atoms with E-state index in [1.807, 2.05) is 0 Å². The maximum Gasteiger partial charge on any atom is 0.269 e. The molecule has 0 N–H and O–H groups in total. The van der Waals surface area contributed by atoms with Gasteiger partial charge in [0.2, 0.25) is 0 Å². The van der Waals surface area contributed by atoms with E-state index in [0.717, 1.165) is 17.6 Å². The Bertz CT molecular complexity index is 530. The largest absolute Gasteiger partial charge is 0.269 e. The molecule has 0 amide bonds. The van der Waals surface area contributed by atoms with Gasteiger partial charge in [0.25, 0.3) is 5.69 Å². The molecule has 0 bridgehead atoms. The van der Waals surface area contributed by atoms with Crippen LogP contribution < -0.4 is 0 Å². The Hall–Kier alpha value is -1.86. The van der Waals surface area contributed by atoms with Crippen LogP contribution in [0, 0.1) is 21.6 Å². The Morgan fingerprint density at radius 3 is 2.37 bits per heavy atom. The summed E-state index contributed by atoms with van der Waals surface area (Å²) in [4.78, 5) is 10.2. The summed E-state index contributed by atoms with van der Waals surface area (Å²) in [5, 5.41) is 10.5. The molecule has 1 aromatic carbocycles. The molecule has 19 heavy (non-hydrogen) atoms. The van der Waals surface area contributed by atoms with Gasteiger partial charge in [0.1, 0.15) is 8.07 Å². The molecule has 0 fully saturated rings. The molecule has 0 unspecified atom stereocenters. The van der Waals surface area contributed by atoms with Crippen molar-refractivity contribution in [3.63, 3.8) is 0 Å². The maximum absolute atomic E-state index is 10.5. The van der Waals surface area contributed by atoms with Crippen LogP contribution in [0.5, 0.6) is 0 Å². The Balaban J connectivity index is 2.57. The Labute approximate surface area is 115 Å². The standard InChI is InChI=1S/C15H19NO2Si/c1-13(6-5-11-19(2,3)4)12-14-7-9-15(10-8-14)16(17)18/h7-10H,1,6,12H2,2-4H3. The number of benzene rings is 1. The smallest absolute Gasteiger partial charge is 0.258 e. The van der Waals surface area contributed by atoms with Gasteiger partial charge in [-0.1, -0.05) is 43.9 Å². The van der Waals surface area contributed by atoms with Gasteiger partial charge in [0, 0.05) is 18.6 Å². The number of rotatable bonds is 4. The minimum atomic E-state index is -1.31. The molecule has 0 heterocycles. The van der Waals surface area contributed by atoms with Crippen LogP contribution >= 0.6 is 0 Å². The van der Waals surface area contributed by atoms with Crippen LogP contribution in [0.3, 0.4) is 0 Å². The van der Waals surface area contributed by atoms with Crippen LogP contribution in [0.2, 0.25) is 19.6 Å². The predicted octanol–water partition coefficient (Wildman–Crippen LogP) is 3.96. The summed E-state index contributed by atoms with van der Waals surface area (Å²) in [6, 6.07) is 6.59. The predicted molar refractivity (Wildman–Crippen MR) is 81.7 cm³/mol. The molecule has 0 aromatic heterocycles. The van der Waals surface area contributed by atoms with Crippen molar-refractivity contribution in [1.82, 2.24) is 0 Å². The first-order valence-electron chi connectivity index (χ1n) is 6.18. The number of nitro groups is 1. The highest BCUT2D eigenvalue weighted by Gasteiger charge is 2.07. The van der Waals surface area contributed by atoms with E-state index in [2.05, 4.69) is 37.7 Å². The first-order valence-corrected chi connectivity index (χ1v) is 9.68. The molecular weight excluding hydrogens is 254 g/mol. The number of non-ortho nitro benzene ring substituents is 1. The minimum Gasteiger partial charge on any atom is -0.258 e. The number of nitro benzene ring substituents is 1. The quantitative estimate of drug-likeness (QED) is 0.274. The lowest BCUT2D eigenvalue weighted by Crippen LogP contribution is -2.16. The van der Waals surface area contributed by atoms with Crippen molar-refractivity contribution in [2.24, 2.45) is 0 Å². The summed E-state index contributed by atoms with van der Waals surface area (Å²) in [7, 11) is -1.31. The molecule has 0 aliphatic carbocycles. The van der Waals surface area contributed by atoms with Crippen molar-refractivity contribution in [2.45, 2.75) is 32.5 Å². The normalized spacial score (nSPS) is 10.5. The summed E-state index contributed by atoms with van der Waals surface area (Å²) < 4.78 is 0. The van der Waals surface area contributed by atoms with Gasteiger partial charge >= 0.3 is 0 Å². The van der Waals surface area contributed by atoms with E-state index in [1.54, 1.807) is 12.1 Å². The molecule has 0 radical (unpaired) electrons. The first kappa shape index (κ1) is 15.2. The Morgan fingerprint density at radius 1 is 1.32 bits per heavy atom. The Kier molecular flexibility index (Phi) is 5.08. The summed E-state index contributed by atoms with van der Waals surface area (Å²) >= 11 is 0. The summed E-state index contributed by atoms with van der Waals surface area (Å²) in [6.07, 6.45) is 1.42. The molecule has 0 spiro atoms. The first-order chi connectivity index (χ1) is 8.78. The SMILES string of the molecule is C=C(CC#C[Si](C)(C)C)Cc1ccc([N+](=O)[O-])cc1. The van der Waals surface area contributed by atoms with E-state index in [4.69, 9.17) is 0 Å². The van der Waals surface area contributed by atoms with Crippen LogP contribution in [0.25, 0.3) is 0 Å². The molecule has 1 aromatic rings. The van der Waals surface area contributed by atoms with Gasteiger partial charge in [-0.25, -0.2) is 0 Å². The van der Waals surface area contributed by atoms with E-state index in [9.17, 15) is 10.1 Å². The van der Waals surface area contributed by atoms with Crippen molar-refractivity contribution < 1.29 is 4.92 Å². The van der Waals surface area contributed by atoms with Crippen LogP contribution in [-0.2, 0) is 6.42 Å². The molecule has 4 heteroatoms. The summed E-state index contributed by atoms with van der Waals surface area (Å²) in [5.41, 5.74) is 5.49. The minimum absolute atomic E-state index is 0.118. The third kappa shape index (κ3) is 6.02. The number of nitrogens with zero attached hydrogens (tertiary/aromatic N) is 1. The molecule has 0 atom stereocenters. The number of hydrogen-bond acceptors (Lipinski definition) is 2. The van der Waals surface area contributed by atoms with E-state index in [1.165, 1.54) is 12.1 Å². The van der Waals surface area contributed by atoms with E-state index < -0.39 is 13.0 Å². The highest BCUT2D eigenvalue weighted by Crippen LogP contribution is 2.15. The van der Waals surface area contributed by atoms with Gasteiger partial charge in [-0.05, 0) is 12.0 Å². The second-order valence-corrected chi connectivity index (χ2v) is 10.3. The molecule has 0 saturated heterocycles. The highest BCUT2D eigenvalue weighted by molar-refractivity contribution is 6.83. The van der Waals surface area contributed by atoms with Gasteiger partial charge < -0.3 is 0 Å². The number of hydrogen-bond donors (Lipinski definition) is 0. The van der Waals surface area contributed by atoms with Gasteiger partial charge in [-0.15, -0.1) is 11.5 Å². The van der Waals surface area contributed by atoms with Crippen molar-refractivity contribution in [1.29, 1.82) is 0 Å². The molecule has 1 rings (SSSR count). The van der Waals surface area contributed by atoms with Crippen molar-refractivity contribution in [3.8, 4) is 11.5 Å². The van der Waals surface area contributed by atoms with Crippen molar-refractivity contribution in [2.75, 3.05) is 0 Å². The third-order valence-corrected chi connectivity index (χ3v) is 3.33. The average molecular weight is 273 g/mol. The van der Waals surface area contributed by atoms with Gasteiger partial charge in [-0.3, -0.25) is 10.1 Å². The van der Waals surface area contributed by atoms with Gasteiger partial charge in [-0.2, -0.15) is 0 Å². The lowest BCUT2D eigenvalue weighted by atomic mass is 10.0.